The topological polar surface area (TPSA) is 78.4 Å². The first-order valence-corrected chi connectivity index (χ1v) is 6.27. The second kappa shape index (κ2) is 7.19. The van der Waals surface area contributed by atoms with Gasteiger partial charge in [0, 0.05) is 12.1 Å². The molecule has 20 heavy (non-hydrogen) atoms. The van der Waals surface area contributed by atoms with E-state index in [2.05, 4.69) is 16.6 Å². The van der Waals surface area contributed by atoms with Crippen molar-refractivity contribution < 1.29 is 14.7 Å². The molecule has 106 valence electrons. The summed E-state index contributed by atoms with van der Waals surface area (Å²) >= 11 is 0. The van der Waals surface area contributed by atoms with E-state index in [1.165, 1.54) is 0 Å². The number of carbonyl (C=O) groups excluding carboxylic acids is 1. The fourth-order valence-corrected chi connectivity index (χ4v) is 1.62. The van der Waals surface area contributed by atoms with Crippen molar-refractivity contribution in [2.75, 3.05) is 5.32 Å². The van der Waals surface area contributed by atoms with E-state index in [4.69, 9.17) is 11.5 Å². The highest BCUT2D eigenvalue weighted by atomic mass is 16.4. The fourth-order valence-electron chi connectivity index (χ4n) is 1.62. The van der Waals surface area contributed by atoms with Crippen LogP contribution >= 0.6 is 0 Å². The molecule has 2 amide bonds. The van der Waals surface area contributed by atoms with E-state index in [1.807, 2.05) is 32.0 Å². The van der Waals surface area contributed by atoms with E-state index in [0.29, 0.717) is 11.6 Å². The number of carboxylic acid groups (broad SMARTS) is 1. The van der Waals surface area contributed by atoms with E-state index >= 15 is 0 Å². The van der Waals surface area contributed by atoms with Crippen LogP contribution in [0.4, 0.5) is 10.5 Å². The lowest BCUT2D eigenvalue weighted by Crippen LogP contribution is -2.42. The maximum Gasteiger partial charge on any atom is 0.327 e. The smallest absolute Gasteiger partial charge is 0.327 e. The molecule has 0 aromatic heterocycles. The third-order valence-corrected chi connectivity index (χ3v) is 2.74. The molecule has 0 bridgehead atoms. The number of hydrogen-bond donors (Lipinski definition) is 3. The van der Waals surface area contributed by atoms with Gasteiger partial charge in [-0.1, -0.05) is 26.0 Å². The summed E-state index contributed by atoms with van der Waals surface area (Å²) in [6.45, 7) is 4.10. The first-order chi connectivity index (χ1) is 9.43. The molecule has 0 fully saturated rings. The average molecular weight is 274 g/mol. The Bertz CT molecular complexity index is 532. The second-order valence-corrected chi connectivity index (χ2v) is 4.68. The highest BCUT2D eigenvalue weighted by Gasteiger charge is 2.18. The van der Waals surface area contributed by atoms with Gasteiger partial charge in [0.25, 0.3) is 0 Å². The van der Waals surface area contributed by atoms with E-state index in [9.17, 15) is 9.59 Å². The molecule has 1 unspecified atom stereocenters. The molecule has 0 heterocycles. The number of anilines is 1. The second-order valence-electron chi connectivity index (χ2n) is 4.68. The predicted octanol–water partition coefficient (Wildman–Crippen LogP) is 2.41. The van der Waals surface area contributed by atoms with Crippen molar-refractivity contribution in [3.8, 4) is 12.3 Å². The van der Waals surface area contributed by atoms with E-state index in [0.717, 1.165) is 5.56 Å². The summed E-state index contributed by atoms with van der Waals surface area (Å²) < 4.78 is 0. The molecule has 5 nitrogen and oxygen atoms in total. The van der Waals surface area contributed by atoms with E-state index in [-0.39, 0.29) is 6.42 Å². The summed E-state index contributed by atoms with van der Waals surface area (Å²) in [6.07, 6.45) is 5.00. The van der Waals surface area contributed by atoms with Gasteiger partial charge in [-0.05, 0) is 23.6 Å². The molecule has 0 aliphatic carbocycles. The van der Waals surface area contributed by atoms with Crippen molar-refractivity contribution >= 4 is 17.7 Å². The van der Waals surface area contributed by atoms with Crippen molar-refractivity contribution in [2.45, 2.75) is 32.2 Å². The largest absolute Gasteiger partial charge is 0.480 e. The number of nitrogens with one attached hydrogen (secondary N) is 2. The Morgan fingerprint density at radius 3 is 2.65 bits per heavy atom. The number of amides is 2. The van der Waals surface area contributed by atoms with Crippen LogP contribution in [0.5, 0.6) is 0 Å². The zero-order valence-corrected chi connectivity index (χ0v) is 11.5. The Morgan fingerprint density at radius 2 is 2.10 bits per heavy atom. The minimum absolute atomic E-state index is 0.0607. The van der Waals surface area contributed by atoms with Gasteiger partial charge in [-0.3, -0.25) is 0 Å². The molecule has 0 aliphatic rings. The van der Waals surface area contributed by atoms with Crippen molar-refractivity contribution in [3.63, 3.8) is 0 Å². The van der Waals surface area contributed by atoms with Gasteiger partial charge in [0.15, 0.2) is 0 Å². The summed E-state index contributed by atoms with van der Waals surface area (Å²) in [5.41, 5.74) is 1.69. The lowest BCUT2D eigenvalue weighted by Gasteiger charge is -2.14. The highest BCUT2D eigenvalue weighted by molar-refractivity contribution is 5.92. The summed E-state index contributed by atoms with van der Waals surface area (Å²) in [5.74, 6) is 1.40. The molecule has 1 rings (SSSR count). The Hall–Kier alpha value is -2.48. The molecular weight excluding hydrogens is 256 g/mol. The minimum Gasteiger partial charge on any atom is -0.480 e. The quantitative estimate of drug-likeness (QED) is 0.721. The van der Waals surface area contributed by atoms with Gasteiger partial charge in [0.05, 0.1) is 0 Å². The lowest BCUT2D eigenvalue weighted by molar-refractivity contribution is -0.139. The Balaban J connectivity index is 2.68. The zero-order valence-electron chi connectivity index (χ0n) is 11.5. The lowest BCUT2D eigenvalue weighted by atomic mass is 10.0. The van der Waals surface area contributed by atoms with Crippen LogP contribution in [-0.4, -0.2) is 23.1 Å². The molecule has 5 heteroatoms. The maximum atomic E-state index is 11.7. The molecule has 3 N–H and O–H groups in total. The van der Waals surface area contributed by atoms with Gasteiger partial charge in [0.1, 0.15) is 6.04 Å². The molecular formula is C15H18N2O3. The van der Waals surface area contributed by atoms with Crippen LogP contribution in [0, 0.1) is 12.3 Å². The monoisotopic (exact) mass is 274 g/mol. The Labute approximate surface area is 118 Å². The van der Waals surface area contributed by atoms with Crippen LogP contribution in [-0.2, 0) is 4.79 Å². The van der Waals surface area contributed by atoms with Crippen molar-refractivity contribution in [1.82, 2.24) is 5.32 Å². The van der Waals surface area contributed by atoms with Gasteiger partial charge in [-0.15, -0.1) is 12.3 Å². The first-order valence-electron chi connectivity index (χ1n) is 6.27. The van der Waals surface area contributed by atoms with Crippen molar-refractivity contribution in [2.24, 2.45) is 0 Å². The Morgan fingerprint density at radius 1 is 1.40 bits per heavy atom. The van der Waals surface area contributed by atoms with Gasteiger partial charge in [-0.25, -0.2) is 9.59 Å². The van der Waals surface area contributed by atoms with Crippen molar-refractivity contribution in [3.05, 3.63) is 29.8 Å². The molecule has 1 atom stereocenters. The van der Waals surface area contributed by atoms with Crippen LogP contribution in [0.3, 0.4) is 0 Å². The number of carbonyl (C=O) groups is 2. The van der Waals surface area contributed by atoms with Gasteiger partial charge in [-0.2, -0.15) is 0 Å². The standard InChI is InChI=1S/C15H18N2O3/c1-4-6-13(14(18)19)17-15(20)16-12-8-5-7-11(9-12)10(2)3/h1,5,7-10,13H,6H2,2-3H3,(H,18,19)(H2,16,17,20). The Kier molecular flexibility index (Phi) is 5.60. The van der Waals surface area contributed by atoms with Crippen LogP contribution < -0.4 is 10.6 Å². The summed E-state index contributed by atoms with van der Waals surface area (Å²) in [6, 6.07) is 5.71. The predicted molar refractivity (Wildman–Crippen MR) is 77.6 cm³/mol. The van der Waals surface area contributed by atoms with Gasteiger partial charge in [0.2, 0.25) is 0 Å². The summed E-state index contributed by atoms with van der Waals surface area (Å²) in [7, 11) is 0. The number of urea groups is 1. The number of aliphatic carboxylic acids is 1. The van der Waals surface area contributed by atoms with Crippen LogP contribution in [0.1, 0.15) is 31.7 Å². The van der Waals surface area contributed by atoms with Gasteiger partial charge >= 0.3 is 12.0 Å². The molecule has 0 saturated heterocycles. The van der Waals surface area contributed by atoms with Crippen LogP contribution in [0.2, 0.25) is 0 Å². The van der Waals surface area contributed by atoms with Gasteiger partial charge < -0.3 is 15.7 Å². The third kappa shape index (κ3) is 4.65. The molecule has 0 radical (unpaired) electrons. The number of terminal acetylenes is 1. The third-order valence-electron chi connectivity index (χ3n) is 2.74. The molecule has 1 aromatic rings. The minimum atomic E-state index is -1.16. The number of carboxylic acids is 1. The number of hydrogen-bond acceptors (Lipinski definition) is 2. The van der Waals surface area contributed by atoms with E-state index in [1.54, 1.807) is 6.07 Å². The average Bonchev–Trinajstić information content (AvgIpc) is 2.38. The number of benzene rings is 1. The summed E-state index contributed by atoms with van der Waals surface area (Å²) in [4.78, 5) is 22.6. The maximum absolute atomic E-state index is 11.7. The van der Waals surface area contributed by atoms with E-state index < -0.39 is 18.0 Å². The number of rotatable bonds is 5. The van der Waals surface area contributed by atoms with Crippen LogP contribution in [0.15, 0.2) is 24.3 Å². The SMILES string of the molecule is C#CCC(NC(=O)Nc1cccc(C(C)C)c1)C(=O)O. The van der Waals surface area contributed by atoms with Crippen molar-refractivity contribution in [1.29, 1.82) is 0 Å². The first kappa shape index (κ1) is 15.6. The zero-order chi connectivity index (χ0) is 15.1. The molecule has 1 aromatic carbocycles. The molecule has 0 spiro atoms. The highest BCUT2D eigenvalue weighted by Crippen LogP contribution is 2.18. The van der Waals surface area contributed by atoms with Crippen LogP contribution in [0.25, 0.3) is 0 Å². The molecule has 0 saturated carbocycles. The fraction of sp³-hybridized carbons (Fsp3) is 0.333. The molecule has 0 aliphatic heterocycles. The normalized spacial score (nSPS) is 11.5. The summed E-state index contributed by atoms with van der Waals surface area (Å²) in [5, 5.41) is 13.8.